The highest BCUT2D eigenvalue weighted by Gasteiger charge is 2.22. The van der Waals surface area contributed by atoms with Gasteiger partial charge in [-0.15, -0.1) is 0 Å². The molecule has 0 rings (SSSR count). The molecule has 2 atom stereocenters. The number of hydrogen-bond acceptors (Lipinski definition) is 8. The SMILES string of the molecule is CC/C=C\C/C=C\C/C=C\C/C=C\C/C=C\C/C=C\C/C=C\C/C=C\CCCCCCCCCCCCC(=O)OC(COC(=O)CCCCC/C=C\C/C=C\C/C=C\C/C=C\C/C=C\CC)COC(OCC[N+](C)(C)C)C(=O)[O-]. The standard InChI is InChI=1S/C70H111NO8/c1-6-8-10-12-14-16-18-20-22-24-26-27-28-29-30-31-32-33-34-35-36-37-38-39-40-41-43-45-47-49-51-53-55-57-59-61-68(73)79-66(65-78-70(69(74)75)76-63-62-71(3,4)5)64-77-67(72)60-58-56-54-52-50-48-46-44-42-25-23-21-19-17-15-13-11-9-7-2/h8-11,14-17,20-23,26-27,29-30,32-33,35-36,38-39,42,44,48,50,66,70H,6-7,12-13,18-19,24-25,28,31,34,37,40-41,43,45-47,49,51-65H2,1-5H3/b10-8-,11-9-,16-14-,17-15-,22-20-,23-21-,27-26-,30-29-,33-32-,36-35-,39-38-,44-42-,50-48-. The van der Waals surface area contributed by atoms with Gasteiger partial charge in [-0.3, -0.25) is 9.59 Å². The lowest BCUT2D eigenvalue weighted by atomic mass is 10.0. The highest BCUT2D eigenvalue weighted by molar-refractivity contribution is 5.70. The summed E-state index contributed by atoms with van der Waals surface area (Å²) in [6.45, 7) is 4.45. The summed E-state index contributed by atoms with van der Waals surface area (Å²) in [5.74, 6) is -2.35. The monoisotopic (exact) mass is 1090 g/mol. The first kappa shape index (κ1) is 73.9. The molecule has 0 saturated heterocycles. The molecule has 0 aromatic rings. The van der Waals surface area contributed by atoms with Gasteiger partial charge in [0.05, 0.1) is 40.3 Å². The van der Waals surface area contributed by atoms with Crippen LogP contribution in [0, 0.1) is 0 Å². The molecule has 0 fully saturated rings. The fraction of sp³-hybridized carbons (Fsp3) is 0.586. The van der Waals surface area contributed by atoms with E-state index in [1.165, 1.54) is 38.5 Å². The first-order chi connectivity index (χ1) is 38.6. The van der Waals surface area contributed by atoms with Crippen molar-refractivity contribution in [3.63, 3.8) is 0 Å². The zero-order valence-corrected chi connectivity index (χ0v) is 50.4. The number of aliphatic carboxylic acids is 1. The Balaban J connectivity index is 4.27. The molecular weight excluding hydrogens is 983 g/mol. The van der Waals surface area contributed by atoms with Gasteiger partial charge >= 0.3 is 11.9 Å². The maximum Gasteiger partial charge on any atom is 0.306 e. The molecule has 0 spiro atoms. The van der Waals surface area contributed by atoms with Crippen LogP contribution in [0.1, 0.15) is 206 Å². The second-order valence-corrected chi connectivity index (χ2v) is 20.9. The van der Waals surface area contributed by atoms with Crippen molar-refractivity contribution in [2.24, 2.45) is 0 Å². The Labute approximate surface area is 483 Å². The quantitative estimate of drug-likeness (QED) is 0.0195. The van der Waals surface area contributed by atoms with E-state index in [0.29, 0.717) is 23.9 Å². The number of esters is 2. The summed E-state index contributed by atoms with van der Waals surface area (Å²) in [4.78, 5) is 37.3. The second-order valence-electron chi connectivity index (χ2n) is 20.9. The Morgan fingerprint density at radius 2 is 0.684 bits per heavy atom. The zero-order valence-electron chi connectivity index (χ0n) is 50.4. The Morgan fingerprint density at radius 1 is 0.380 bits per heavy atom. The summed E-state index contributed by atoms with van der Waals surface area (Å²) in [7, 11) is 5.90. The maximum absolute atomic E-state index is 12.9. The van der Waals surface area contributed by atoms with Crippen LogP contribution in [0.15, 0.2) is 158 Å². The van der Waals surface area contributed by atoms with Crippen LogP contribution >= 0.6 is 0 Å². The van der Waals surface area contributed by atoms with Gasteiger partial charge in [-0.1, -0.05) is 230 Å². The molecule has 0 aromatic heterocycles. The van der Waals surface area contributed by atoms with Crippen LogP contribution in [-0.4, -0.2) is 82.3 Å². The van der Waals surface area contributed by atoms with Crippen LogP contribution in [0.4, 0.5) is 0 Å². The third-order valence-corrected chi connectivity index (χ3v) is 12.3. The molecule has 0 aliphatic heterocycles. The molecule has 0 N–H and O–H groups in total. The topological polar surface area (TPSA) is 111 Å². The van der Waals surface area contributed by atoms with Crippen molar-refractivity contribution < 1.29 is 42.9 Å². The molecule has 0 aliphatic rings. The normalized spacial score (nSPS) is 13.9. The molecule has 0 radical (unpaired) electrons. The highest BCUT2D eigenvalue weighted by Crippen LogP contribution is 2.14. The van der Waals surface area contributed by atoms with Crippen LogP contribution in [0.3, 0.4) is 0 Å². The van der Waals surface area contributed by atoms with Crippen molar-refractivity contribution >= 4 is 17.9 Å². The maximum atomic E-state index is 12.9. The van der Waals surface area contributed by atoms with E-state index >= 15 is 0 Å². The first-order valence-corrected chi connectivity index (χ1v) is 30.6. The van der Waals surface area contributed by atoms with Crippen LogP contribution in [0.25, 0.3) is 0 Å². The number of rotatable bonds is 54. The van der Waals surface area contributed by atoms with Gasteiger partial charge in [0.25, 0.3) is 0 Å². The predicted octanol–water partition coefficient (Wildman–Crippen LogP) is 17.2. The minimum absolute atomic E-state index is 0.132. The van der Waals surface area contributed by atoms with E-state index in [-0.39, 0.29) is 32.7 Å². The third-order valence-electron chi connectivity index (χ3n) is 12.3. The molecule has 444 valence electrons. The third kappa shape index (κ3) is 60.4. The summed E-state index contributed by atoms with van der Waals surface area (Å²) in [6, 6.07) is 0. The lowest BCUT2D eigenvalue weighted by Gasteiger charge is -2.26. The summed E-state index contributed by atoms with van der Waals surface area (Å²) in [6.07, 6.45) is 84.4. The highest BCUT2D eigenvalue weighted by atomic mass is 16.7. The minimum atomic E-state index is -1.64. The zero-order chi connectivity index (χ0) is 57.6. The molecule has 9 heteroatoms. The van der Waals surface area contributed by atoms with Gasteiger partial charge in [-0.2, -0.15) is 0 Å². The number of allylic oxidation sites excluding steroid dienone is 26. The average molecular weight is 1090 g/mol. The molecular formula is C70H111NO8. The smallest absolute Gasteiger partial charge is 0.306 e. The number of carbonyl (C=O) groups excluding carboxylic acids is 3. The predicted molar refractivity (Wildman–Crippen MR) is 333 cm³/mol. The minimum Gasteiger partial charge on any atom is -0.545 e. The number of carbonyl (C=O) groups is 3. The van der Waals surface area contributed by atoms with E-state index in [4.69, 9.17) is 18.9 Å². The lowest BCUT2D eigenvalue weighted by Crippen LogP contribution is -2.44. The Kier molecular flexibility index (Phi) is 55.2. The molecule has 2 unspecified atom stereocenters. The summed E-state index contributed by atoms with van der Waals surface area (Å²) >= 11 is 0. The van der Waals surface area contributed by atoms with Crippen LogP contribution in [-0.2, 0) is 33.3 Å². The fourth-order valence-corrected chi connectivity index (χ4v) is 7.64. The van der Waals surface area contributed by atoms with E-state index in [1.54, 1.807) is 0 Å². The number of nitrogens with zero attached hydrogens (tertiary/aromatic N) is 1. The van der Waals surface area contributed by atoms with Crippen molar-refractivity contribution in [1.82, 2.24) is 0 Å². The van der Waals surface area contributed by atoms with Gasteiger partial charge < -0.3 is 33.3 Å². The van der Waals surface area contributed by atoms with Crippen LogP contribution < -0.4 is 5.11 Å². The molecule has 79 heavy (non-hydrogen) atoms. The lowest BCUT2D eigenvalue weighted by molar-refractivity contribution is -0.870. The van der Waals surface area contributed by atoms with Crippen molar-refractivity contribution in [2.45, 2.75) is 219 Å². The number of unbranched alkanes of at least 4 members (excludes halogenated alkanes) is 13. The van der Waals surface area contributed by atoms with E-state index in [9.17, 15) is 19.5 Å². The molecule has 0 bridgehead atoms. The Hall–Kier alpha value is -5.09. The second kappa shape index (κ2) is 59.0. The molecule has 0 heterocycles. The molecule has 9 nitrogen and oxygen atoms in total. The van der Waals surface area contributed by atoms with E-state index in [2.05, 4.69) is 172 Å². The number of carboxylic acid groups (broad SMARTS) is 1. The molecule has 0 aromatic carbocycles. The molecule has 0 saturated carbocycles. The number of ether oxygens (including phenoxy) is 4. The number of likely N-dealkylation sites (N-methyl/N-ethyl adjacent to an activating group) is 1. The van der Waals surface area contributed by atoms with Gasteiger partial charge in [-0.25, -0.2) is 0 Å². The Bertz CT molecular complexity index is 1850. The largest absolute Gasteiger partial charge is 0.545 e. The van der Waals surface area contributed by atoms with Gasteiger partial charge in [0.1, 0.15) is 13.2 Å². The van der Waals surface area contributed by atoms with Gasteiger partial charge in [0, 0.05) is 12.8 Å². The van der Waals surface area contributed by atoms with Crippen molar-refractivity contribution in [1.29, 1.82) is 0 Å². The van der Waals surface area contributed by atoms with Crippen molar-refractivity contribution in [2.75, 3.05) is 47.5 Å². The number of carboxylic acids is 1. The summed E-state index contributed by atoms with van der Waals surface area (Å²) in [5, 5.41) is 11.8. The first-order valence-electron chi connectivity index (χ1n) is 30.6. The van der Waals surface area contributed by atoms with Gasteiger partial charge in [0.15, 0.2) is 12.4 Å². The van der Waals surface area contributed by atoms with Crippen LogP contribution in [0.5, 0.6) is 0 Å². The van der Waals surface area contributed by atoms with E-state index < -0.39 is 30.3 Å². The number of quaternary nitrogens is 1. The van der Waals surface area contributed by atoms with E-state index in [0.717, 1.165) is 128 Å². The average Bonchev–Trinajstić information content (AvgIpc) is 3.42. The number of hydrogen-bond donors (Lipinski definition) is 0. The van der Waals surface area contributed by atoms with E-state index in [1.807, 2.05) is 21.1 Å². The Morgan fingerprint density at radius 3 is 1.03 bits per heavy atom. The summed E-state index contributed by atoms with van der Waals surface area (Å²) < 4.78 is 22.7. The fourth-order valence-electron chi connectivity index (χ4n) is 7.64. The van der Waals surface area contributed by atoms with Gasteiger partial charge in [0.2, 0.25) is 0 Å². The molecule has 0 amide bonds. The van der Waals surface area contributed by atoms with Crippen molar-refractivity contribution in [3.8, 4) is 0 Å². The van der Waals surface area contributed by atoms with Crippen molar-refractivity contribution in [3.05, 3.63) is 158 Å². The van der Waals surface area contributed by atoms with Gasteiger partial charge in [-0.05, 0) is 122 Å². The van der Waals surface area contributed by atoms with Crippen LogP contribution in [0.2, 0.25) is 0 Å². The summed E-state index contributed by atoms with van der Waals surface area (Å²) in [5.41, 5.74) is 0. The molecule has 0 aliphatic carbocycles.